The highest BCUT2D eigenvalue weighted by Gasteiger charge is 2.20. The molecule has 1 aliphatic carbocycles. The van der Waals surface area contributed by atoms with Gasteiger partial charge in [0.1, 0.15) is 0 Å². The summed E-state index contributed by atoms with van der Waals surface area (Å²) in [4.78, 5) is 0. The van der Waals surface area contributed by atoms with Gasteiger partial charge in [-0.2, -0.15) is 0 Å². The molecular weight excluding hydrogens is 223 g/mol. The number of hydrogen-bond acceptors (Lipinski definition) is 0. The van der Waals surface area contributed by atoms with Crippen LogP contribution in [0.3, 0.4) is 0 Å². The molecule has 18 heavy (non-hydrogen) atoms. The quantitative estimate of drug-likeness (QED) is 0.667. The van der Waals surface area contributed by atoms with Gasteiger partial charge < -0.3 is 0 Å². The average molecular weight is 246 g/mol. The molecule has 0 aromatic heterocycles. The van der Waals surface area contributed by atoms with Crippen molar-refractivity contribution in [2.45, 2.75) is 51.4 Å². The molecule has 1 aliphatic rings. The van der Waals surface area contributed by atoms with Gasteiger partial charge in [0.15, 0.2) is 0 Å². The van der Waals surface area contributed by atoms with Crippen LogP contribution in [0.2, 0.25) is 0 Å². The minimum Gasteiger partial charge on any atom is -0.216 e. The Morgan fingerprint density at radius 2 is 1.78 bits per heavy atom. The monoisotopic (exact) mass is 246 g/mol. The summed E-state index contributed by atoms with van der Waals surface area (Å²) in [6.07, 6.45) is 9.65. The molecule has 1 aromatic rings. The van der Waals surface area contributed by atoms with Crippen molar-refractivity contribution in [2.75, 3.05) is 0 Å². The Morgan fingerprint density at radius 3 is 2.33 bits per heavy atom. The fraction of sp³-hybridized carbons (Fsp3) is 0.529. The van der Waals surface area contributed by atoms with Gasteiger partial charge in [0.25, 0.3) is 0 Å². The Bertz CT molecular complexity index is 369. The Kier molecular flexibility index (Phi) is 4.98. The van der Waals surface area contributed by atoms with Crippen LogP contribution in [0, 0.1) is 5.92 Å². The van der Waals surface area contributed by atoms with E-state index in [0.29, 0.717) is 12.8 Å². The van der Waals surface area contributed by atoms with E-state index in [4.69, 9.17) is 0 Å². The van der Waals surface area contributed by atoms with E-state index in [0.717, 1.165) is 11.8 Å². The standard InChI is InChI=1S/C17H23F/c1-2-14-5-9-16(10-6-14)17-11-7-15(8-12-17)4-3-13-18/h3,7-8,11-14,16H,2,4-6,9-10H2,1H3/b13-3+/t14-,16-. The topological polar surface area (TPSA) is 0 Å². The van der Waals surface area contributed by atoms with E-state index >= 15 is 0 Å². The molecule has 1 saturated carbocycles. The van der Waals surface area contributed by atoms with Gasteiger partial charge in [-0.25, -0.2) is 4.39 Å². The van der Waals surface area contributed by atoms with Gasteiger partial charge >= 0.3 is 0 Å². The van der Waals surface area contributed by atoms with Crippen molar-refractivity contribution in [1.29, 1.82) is 0 Å². The number of allylic oxidation sites excluding steroid dienone is 1. The highest BCUT2D eigenvalue weighted by atomic mass is 19.1. The summed E-state index contributed by atoms with van der Waals surface area (Å²) in [5, 5.41) is 0. The highest BCUT2D eigenvalue weighted by molar-refractivity contribution is 5.27. The number of hydrogen-bond donors (Lipinski definition) is 0. The predicted octanol–water partition coefficient (Wildman–Crippen LogP) is 5.40. The van der Waals surface area contributed by atoms with Crippen LogP contribution in [0.1, 0.15) is 56.1 Å². The first-order chi connectivity index (χ1) is 8.83. The lowest BCUT2D eigenvalue weighted by molar-refractivity contribution is 0.319. The summed E-state index contributed by atoms with van der Waals surface area (Å²) in [5.74, 6) is 1.70. The third kappa shape index (κ3) is 3.44. The van der Waals surface area contributed by atoms with Crippen LogP contribution in [-0.2, 0) is 6.42 Å². The molecule has 0 bridgehead atoms. The van der Waals surface area contributed by atoms with E-state index < -0.39 is 0 Å². The largest absolute Gasteiger partial charge is 0.216 e. The van der Waals surface area contributed by atoms with E-state index in [2.05, 4.69) is 31.2 Å². The van der Waals surface area contributed by atoms with Crippen molar-refractivity contribution in [3.8, 4) is 0 Å². The summed E-state index contributed by atoms with van der Waals surface area (Å²) in [6, 6.07) is 8.75. The molecule has 2 rings (SSSR count). The molecule has 0 atom stereocenters. The van der Waals surface area contributed by atoms with Crippen molar-refractivity contribution in [3.05, 3.63) is 47.8 Å². The highest BCUT2D eigenvalue weighted by Crippen LogP contribution is 2.36. The van der Waals surface area contributed by atoms with E-state index in [1.807, 2.05) is 0 Å². The molecule has 0 radical (unpaired) electrons. The van der Waals surface area contributed by atoms with Crippen LogP contribution in [0.5, 0.6) is 0 Å². The number of rotatable bonds is 4. The maximum Gasteiger partial charge on any atom is 0.0830 e. The molecule has 0 N–H and O–H groups in total. The second-order valence-corrected chi connectivity index (χ2v) is 5.43. The molecule has 0 nitrogen and oxygen atoms in total. The first-order valence-corrected chi connectivity index (χ1v) is 7.17. The fourth-order valence-corrected chi connectivity index (χ4v) is 3.01. The summed E-state index contributed by atoms with van der Waals surface area (Å²) in [7, 11) is 0. The van der Waals surface area contributed by atoms with E-state index in [1.54, 1.807) is 6.08 Å². The average Bonchev–Trinajstić information content (AvgIpc) is 2.46. The molecule has 98 valence electrons. The van der Waals surface area contributed by atoms with Crippen LogP contribution in [0.15, 0.2) is 36.7 Å². The fourth-order valence-electron chi connectivity index (χ4n) is 3.01. The van der Waals surface area contributed by atoms with Crippen LogP contribution in [-0.4, -0.2) is 0 Å². The molecule has 0 saturated heterocycles. The van der Waals surface area contributed by atoms with E-state index in [9.17, 15) is 4.39 Å². The van der Waals surface area contributed by atoms with Crippen molar-refractivity contribution in [1.82, 2.24) is 0 Å². The maximum atomic E-state index is 11.9. The Labute approximate surface area is 110 Å². The van der Waals surface area contributed by atoms with Crippen LogP contribution < -0.4 is 0 Å². The number of benzene rings is 1. The second-order valence-electron chi connectivity index (χ2n) is 5.43. The molecule has 0 heterocycles. The maximum absolute atomic E-state index is 11.9. The van der Waals surface area contributed by atoms with Crippen LogP contribution >= 0.6 is 0 Å². The minimum atomic E-state index is 0.625. The van der Waals surface area contributed by atoms with E-state index in [1.165, 1.54) is 43.2 Å². The Balaban J connectivity index is 1.93. The van der Waals surface area contributed by atoms with Gasteiger partial charge in [0, 0.05) is 0 Å². The van der Waals surface area contributed by atoms with Crippen molar-refractivity contribution >= 4 is 0 Å². The van der Waals surface area contributed by atoms with Crippen molar-refractivity contribution in [3.63, 3.8) is 0 Å². The first kappa shape index (κ1) is 13.3. The third-order valence-electron chi connectivity index (χ3n) is 4.32. The molecule has 0 spiro atoms. The predicted molar refractivity (Wildman–Crippen MR) is 75.4 cm³/mol. The van der Waals surface area contributed by atoms with Gasteiger partial charge in [-0.3, -0.25) is 0 Å². The summed E-state index contributed by atoms with van der Waals surface area (Å²) in [6.45, 7) is 2.30. The molecule has 0 aliphatic heterocycles. The summed E-state index contributed by atoms with van der Waals surface area (Å²) in [5.41, 5.74) is 2.66. The lowest BCUT2D eigenvalue weighted by Crippen LogP contribution is -2.12. The lowest BCUT2D eigenvalue weighted by Gasteiger charge is -2.28. The molecule has 1 aromatic carbocycles. The normalized spacial score (nSPS) is 24.6. The van der Waals surface area contributed by atoms with Gasteiger partial charge in [-0.15, -0.1) is 0 Å². The van der Waals surface area contributed by atoms with Gasteiger partial charge in [-0.05, 0) is 55.1 Å². The molecule has 1 heteroatoms. The summed E-state index contributed by atoms with van der Waals surface area (Å²) >= 11 is 0. The Morgan fingerprint density at radius 1 is 1.11 bits per heavy atom. The molecule has 0 unspecified atom stereocenters. The molecule has 1 fully saturated rings. The first-order valence-electron chi connectivity index (χ1n) is 7.17. The van der Waals surface area contributed by atoms with Crippen LogP contribution in [0.25, 0.3) is 0 Å². The van der Waals surface area contributed by atoms with Crippen molar-refractivity contribution < 1.29 is 4.39 Å². The third-order valence-corrected chi connectivity index (χ3v) is 4.32. The van der Waals surface area contributed by atoms with Gasteiger partial charge in [0.2, 0.25) is 0 Å². The zero-order valence-corrected chi connectivity index (χ0v) is 11.2. The minimum absolute atomic E-state index is 0.625. The van der Waals surface area contributed by atoms with Crippen LogP contribution in [0.4, 0.5) is 4.39 Å². The van der Waals surface area contributed by atoms with Crippen molar-refractivity contribution in [2.24, 2.45) is 5.92 Å². The van der Waals surface area contributed by atoms with Gasteiger partial charge in [-0.1, -0.05) is 43.7 Å². The summed E-state index contributed by atoms with van der Waals surface area (Å²) < 4.78 is 11.9. The number of halogens is 1. The lowest BCUT2D eigenvalue weighted by atomic mass is 9.78. The zero-order valence-electron chi connectivity index (χ0n) is 11.2. The van der Waals surface area contributed by atoms with E-state index in [-0.39, 0.29) is 0 Å². The zero-order chi connectivity index (χ0) is 12.8. The van der Waals surface area contributed by atoms with Gasteiger partial charge in [0.05, 0.1) is 6.33 Å². The second kappa shape index (κ2) is 6.72. The Hall–Kier alpha value is -1.11. The molecule has 0 amide bonds. The smallest absolute Gasteiger partial charge is 0.0830 e. The SMILES string of the molecule is CC[C@H]1CC[C@H](c2ccc(C/C=C/F)cc2)CC1. The molecular formula is C17H23F.